The molecule has 2 N–H and O–H groups in total. The Kier molecular flexibility index (Phi) is 5.05. The van der Waals surface area contributed by atoms with Gasteiger partial charge >= 0.3 is 6.09 Å². The van der Waals surface area contributed by atoms with Gasteiger partial charge in [-0.05, 0) is 17.7 Å². The van der Waals surface area contributed by atoms with E-state index in [0.717, 1.165) is 11.8 Å². The first kappa shape index (κ1) is 18.1. The molecule has 3 rings (SSSR count). The Bertz CT molecular complexity index is 884. The molecule has 1 aromatic carbocycles. The number of benzene rings is 1. The standard InChI is InChI=1S/C16H18N4O5S/c1-26(23,24)13-8-17-15(18-9-13)19-12-4-2-11(3-5-12)14-10-20(16(21)22)6-7-25-14/h2-5,8-9,14H,6-7,10H2,1H3,(H,21,22)(H,17,18,19)/t14-/m1/s1. The minimum atomic E-state index is -3.33. The Morgan fingerprint density at radius 1 is 1.27 bits per heavy atom. The summed E-state index contributed by atoms with van der Waals surface area (Å²) in [7, 11) is -3.33. The van der Waals surface area contributed by atoms with Crippen molar-refractivity contribution in [3.05, 3.63) is 42.2 Å². The number of aromatic nitrogens is 2. The second-order valence-electron chi connectivity index (χ2n) is 5.85. The highest BCUT2D eigenvalue weighted by Gasteiger charge is 2.24. The van der Waals surface area contributed by atoms with E-state index in [-0.39, 0.29) is 23.5 Å². The maximum absolute atomic E-state index is 11.4. The molecule has 26 heavy (non-hydrogen) atoms. The highest BCUT2D eigenvalue weighted by atomic mass is 32.2. The Balaban J connectivity index is 1.67. The van der Waals surface area contributed by atoms with Gasteiger partial charge in [0.25, 0.3) is 0 Å². The maximum atomic E-state index is 11.4. The lowest BCUT2D eigenvalue weighted by Gasteiger charge is -2.31. The molecular formula is C16H18N4O5S. The average molecular weight is 378 g/mol. The van der Waals surface area contributed by atoms with Crippen LogP contribution < -0.4 is 5.32 Å². The van der Waals surface area contributed by atoms with E-state index in [0.29, 0.717) is 18.8 Å². The van der Waals surface area contributed by atoms with E-state index in [2.05, 4.69) is 15.3 Å². The topological polar surface area (TPSA) is 122 Å². The average Bonchev–Trinajstić information content (AvgIpc) is 2.62. The Hall–Kier alpha value is -2.72. The normalized spacial score (nSPS) is 17.7. The fourth-order valence-electron chi connectivity index (χ4n) is 2.51. The number of ether oxygens (including phenoxy) is 1. The summed E-state index contributed by atoms with van der Waals surface area (Å²) in [5.41, 5.74) is 1.58. The number of carbonyl (C=O) groups is 1. The van der Waals surface area contributed by atoms with Crippen molar-refractivity contribution in [2.45, 2.75) is 11.0 Å². The first-order valence-electron chi connectivity index (χ1n) is 7.81. The van der Waals surface area contributed by atoms with Crippen LogP contribution in [0.1, 0.15) is 11.7 Å². The van der Waals surface area contributed by atoms with Crippen molar-refractivity contribution in [1.82, 2.24) is 14.9 Å². The predicted molar refractivity (Wildman–Crippen MR) is 93.2 cm³/mol. The lowest BCUT2D eigenvalue weighted by molar-refractivity contribution is -0.0231. The molecule has 0 aliphatic carbocycles. The van der Waals surface area contributed by atoms with Crippen molar-refractivity contribution in [3.63, 3.8) is 0 Å². The summed E-state index contributed by atoms with van der Waals surface area (Å²) >= 11 is 0. The van der Waals surface area contributed by atoms with Crippen LogP contribution >= 0.6 is 0 Å². The summed E-state index contributed by atoms with van der Waals surface area (Å²) in [4.78, 5) is 20.4. The number of morpholine rings is 1. The van der Waals surface area contributed by atoms with Crippen LogP contribution in [0.4, 0.5) is 16.4 Å². The number of hydrogen-bond acceptors (Lipinski definition) is 7. The highest BCUT2D eigenvalue weighted by molar-refractivity contribution is 7.90. The van der Waals surface area contributed by atoms with E-state index in [4.69, 9.17) is 9.84 Å². The van der Waals surface area contributed by atoms with Crippen molar-refractivity contribution in [2.24, 2.45) is 0 Å². The molecule has 0 radical (unpaired) electrons. The smallest absolute Gasteiger partial charge is 0.407 e. The summed E-state index contributed by atoms with van der Waals surface area (Å²) in [5.74, 6) is 0.274. The third-order valence-electron chi connectivity index (χ3n) is 3.93. The SMILES string of the molecule is CS(=O)(=O)c1cnc(Nc2ccc([C@H]3CN(C(=O)O)CCO3)cc2)nc1. The van der Waals surface area contributed by atoms with Gasteiger partial charge in [-0.1, -0.05) is 12.1 Å². The summed E-state index contributed by atoms with van der Waals surface area (Å²) in [6.07, 6.45) is 2.33. The third kappa shape index (κ3) is 4.27. The van der Waals surface area contributed by atoms with Crippen LogP contribution in [0, 0.1) is 0 Å². The van der Waals surface area contributed by atoms with Gasteiger partial charge in [-0.15, -0.1) is 0 Å². The molecule has 0 saturated carbocycles. The molecule has 1 aromatic heterocycles. The summed E-state index contributed by atoms with van der Waals surface area (Å²) in [6, 6.07) is 7.27. The van der Waals surface area contributed by atoms with Gasteiger partial charge in [-0.3, -0.25) is 0 Å². The number of anilines is 2. The first-order chi connectivity index (χ1) is 12.3. The van der Waals surface area contributed by atoms with E-state index in [1.807, 2.05) is 12.1 Å². The summed E-state index contributed by atoms with van der Waals surface area (Å²) < 4.78 is 28.4. The van der Waals surface area contributed by atoms with Crippen LogP contribution in [-0.4, -0.2) is 60.4 Å². The molecule has 2 aromatic rings. The molecular weight excluding hydrogens is 360 g/mol. The number of nitrogens with zero attached hydrogens (tertiary/aromatic N) is 3. The molecule has 1 saturated heterocycles. The minimum Gasteiger partial charge on any atom is -0.465 e. The van der Waals surface area contributed by atoms with Gasteiger partial charge in [-0.25, -0.2) is 23.2 Å². The maximum Gasteiger partial charge on any atom is 0.407 e. The van der Waals surface area contributed by atoms with Crippen LogP contribution in [0.25, 0.3) is 0 Å². The second-order valence-corrected chi connectivity index (χ2v) is 7.87. The lowest BCUT2D eigenvalue weighted by Crippen LogP contribution is -2.41. The number of sulfone groups is 1. The Morgan fingerprint density at radius 3 is 2.50 bits per heavy atom. The van der Waals surface area contributed by atoms with E-state index >= 15 is 0 Å². The predicted octanol–water partition coefficient (Wildman–Crippen LogP) is 1.68. The fourth-order valence-corrected chi connectivity index (χ4v) is 3.00. The number of nitrogens with one attached hydrogen (secondary N) is 1. The van der Waals surface area contributed by atoms with Crippen LogP contribution in [-0.2, 0) is 14.6 Å². The van der Waals surface area contributed by atoms with Crippen molar-refractivity contribution >= 4 is 27.6 Å². The van der Waals surface area contributed by atoms with Gasteiger partial charge in [0.2, 0.25) is 5.95 Å². The van der Waals surface area contributed by atoms with Gasteiger partial charge in [0, 0.05) is 18.5 Å². The molecule has 0 spiro atoms. The monoisotopic (exact) mass is 378 g/mol. The first-order valence-corrected chi connectivity index (χ1v) is 9.70. The highest BCUT2D eigenvalue weighted by Crippen LogP contribution is 2.24. The zero-order chi connectivity index (χ0) is 18.7. The van der Waals surface area contributed by atoms with Crippen molar-refractivity contribution in [1.29, 1.82) is 0 Å². The van der Waals surface area contributed by atoms with E-state index in [1.54, 1.807) is 12.1 Å². The van der Waals surface area contributed by atoms with Gasteiger partial charge < -0.3 is 20.1 Å². The van der Waals surface area contributed by atoms with Gasteiger partial charge in [0.1, 0.15) is 11.0 Å². The Morgan fingerprint density at radius 2 is 1.92 bits per heavy atom. The van der Waals surface area contributed by atoms with Crippen LogP contribution in [0.2, 0.25) is 0 Å². The van der Waals surface area contributed by atoms with Crippen molar-refractivity contribution in [3.8, 4) is 0 Å². The van der Waals surface area contributed by atoms with Crippen molar-refractivity contribution < 1.29 is 23.1 Å². The molecule has 1 atom stereocenters. The lowest BCUT2D eigenvalue weighted by atomic mass is 10.1. The number of hydrogen-bond donors (Lipinski definition) is 2. The van der Waals surface area contributed by atoms with Gasteiger partial charge in [0.05, 0.1) is 25.5 Å². The van der Waals surface area contributed by atoms with E-state index in [1.165, 1.54) is 17.3 Å². The van der Waals surface area contributed by atoms with Crippen LogP contribution in [0.5, 0.6) is 0 Å². The fraction of sp³-hybridized carbons (Fsp3) is 0.312. The van der Waals surface area contributed by atoms with E-state index < -0.39 is 15.9 Å². The number of amides is 1. The zero-order valence-electron chi connectivity index (χ0n) is 14.0. The van der Waals surface area contributed by atoms with Gasteiger partial charge in [-0.2, -0.15) is 0 Å². The largest absolute Gasteiger partial charge is 0.465 e. The molecule has 9 nitrogen and oxygen atoms in total. The molecule has 1 amide bonds. The second kappa shape index (κ2) is 7.26. The molecule has 0 unspecified atom stereocenters. The third-order valence-corrected chi connectivity index (χ3v) is 5.00. The minimum absolute atomic E-state index is 0.0517. The summed E-state index contributed by atoms with van der Waals surface area (Å²) in [5, 5.41) is 12.1. The quantitative estimate of drug-likeness (QED) is 0.824. The molecule has 1 aliphatic rings. The van der Waals surface area contributed by atoms with E-state index in [9.17, 15) is 13.2 Å². The molecule has 138 valence electrons. The van der Waals surface area contributed by atoms with Crippen molar-refractivity contribution in [2.75, 3.05) is 31.3 Å². The molecule has 1 aliphatic heterocycles. The number of carboxylic acid groups (broad SMARTS) is 1. The molecule has 2 heterocycles. The van der Waals surface area contributed by atoms with Crippen LogP contribution in [0.15, 0.2) is 41.6 Å². The molecule has 10 heteroatoms. The van der Waals surface area contributed by atoms with Crippen LogP contribution in [0.3, 0.4) is 0 Å². The zero-order valence-corrected chi connectivity index (χ0v) is 14.8. The molecule has 0 bridgehead atoms. The summed E-state index contributed by atoms with van der Waals surface area (Å²) in [6.45, 7) is 1.02. The molecule has 1 fully saturated rings. The number of rotatable bonds is 4. The van der Waals surface area contributed by atoms with Gasteiger partial charge in [0.15, 0.2) is 9.84 Å². The Labute approximate surface area is 150 Å².